The minimum absolute atomic E-state index is 0.0959. The van der Waals surface area contributed by atoms with Crippen molar-refractivity contribution in [1.29, 1.82) is 0 Å². The molecule has 4 rings (SSSR count). The normalized spacial score (nSPS) is 15.9. The van der Waals surface area contributed by atoms with E-state index in [0.29, 0.717) is 33.4 Å². The monoisotopic (exact) mass is 444 g/mol. The van der Waals surface area contributed by atoms with Crippen LogP contribution in [0.5, 0.6) is 5.75 Å². The molecule has 0 saturated carbocycles. The molecule has 1 fully saturated rings. The Morgan fingerprint density at radius 2 is 2.00 bits per heavy atom. The first-order chi connectivity index (χ1) is 14.5. The molecule has 30 heavy (non-hydrogen) atoms. The van der Waals surface area contributed by atoms with Gasteiger partial charge in [0, 0.05) is 34.5 Å². The highest BCUT2D eigenvalue weighted by Gasteiger charge is 2.19. The average molecular weight is 445 g/mol. The third-order valence-electron chi connectivity index (χ3n) is 4.96. The summed E-state index contributed by atoms with van der Waals surface area (Å²) in [6, 6.07) is 12.3. The quantitative estimate of drug-likeness (QED) is 0.576. The summed E-state index contributed by atoms with van der Waals surface area (Å²) in [6.45, 7) is 1.26. The number of methoxy groups -OCH3 is 1. The van der Waals surface area contributed by atoms with Gasteiger partial charge >= 0.3 is 0 Å². The van der Waals surface area contributed by atoms with Gasteiger partial charge in [0.05, 0.1) is 18.2 Å². The molecule has 0 bridgehead atoms. The second-order valence-electron chi connectivity index (χ2n) is 6.98. The van der Waals surface area contributed by atoms with Crippen molar-refractivity contribution >= 4 is 50.5 Å². The van der Waals surface area contributed by atoms with Crippen LogP contribution in [0.2, 0.25) is 5.02 Å². The number of benzene rings is 2. The van der Waals surface area contributed by atoms with E-state index in [1.165, 1.54) is 11.3 Å². The second-order valence-corrected chi connectivity index (χ2v) is 8.41. The number of nitrogens with one attached hydrogen (secondary N) is 2. The number of anilines is 1. The van der Waals surface area contributed by atoms with E-state index in [9.17, 15) is 9.59 Å². The second kappa shape index (κ2) is 9.04. The standard InChI is InChI=1S/C22H21ClN2O4S/c1-28-15-8-9-17-18(11-15)30-20(19(17)23)22(27)25-14-6-4-13(5-7-14)21(26)24-12-16-3-2-10-29-16/h4-9,11,16H,2-3,10,12H2,1H3,(H,24,26)(H,25,27). The van der Waals surface area contributed by atoms with Crippen LogP contribution in [0.1, 0.15) is 32.9 Å². The van der Waals surface area contributed by atoms with Gasteiger partial charge in [0.2, 0.25) is 0 Å². The fraction of sp³-hybridized carbons (Fsp3) is 0.273. The molecule has 0 aliphatic carbocycles. The molecule has 1 aliphatic rings. The average Bonchev–Trinajstić information content (AvgIpc) is 3.40. The fourth-order valence-corrected chi connectivity index (χ4v) is 4.77. The van der Waals surface area contributed by atoms with Crippen molar-refractivity contribution in [2.45, 2.75) is 18.9 Å². The van der Waals surface area contributed by atoms with Crippen molar-refractivity contribution in [3.05, 3.63) is 57.9 Å². The van der Waals surface area contributed by atoms with Gasteiger partial charge in [0.25, 0.3) is 11.8 Å². The van der Waals surface area contributed by atoms with Crippen LogP contribution in [-0.4, -0.2) is 38.2 Å². The van der Waals surface area contributed by atoms with E-state index in [1.807, 2.05) is 18.2 Å². The number of ether oxygens (including phenoxy) is 2. The van der Waals surface area contributed by atoms with Gasteiger partial charge < -0.3 is 20.1 Å². The van der Waals surface area contributed by atoms with Gasteiger partial charge in [0.15, 0.2) is 0 Å². The van der Waals surface area contributed by atoms with Crippen LogP contribution in [0.4, 0.5) is 5.69 Å². The summed E-state index contributed by atoms with van der Waals surface area (Å²) in [6.07, 6.45) is 2.10. The third-order valence-corrected chi connectivity index (χ3v) is 6.62. The number of hydrogen-bond acceptors (Lipinski definition) is 5. The summed E-state index contributed by atoms with van der Waals surface area (Å²) in [5.74, 6) is 0.251. The first kappa shape index (κ1) is 20.7. The Morgan fingerprint density at radius 1 is 1.20 bits per heavy atom. The first-order valence-electron chi connectivity index (χ1n) is 9.62. The Morgan fingerprint density at radius 3 is 2.70 bits per heavy atom. The van der Waals surface area contributed by atoms with E-state index in [1.54, 1.807) is 31.4 Å². The van der Waals surface area contributed by atoms with Gasteiger partial charge in [-0.15, -0.1) is 11.3 Å². The molecule has 1 atom stereocenters. The summed E-state index contributed by atoms with van der Waals surface area (Å²) < 4.78 is 11.6. The number of amides is 2. The summed E-state index contributed by atoms with van der Waals surface area (Å²) in [5.41, 5.74) is 1.11. The van der Waals surface area contributed by atoms with Crippen molar-refractivity contribution in [1.82, 2.24) is 5.32 Å². The number of rotatable bonds is 6. The zero-order valence-electron chi connectivity index (χ0n) is 16.4. The molecule has 0 spiro atoms. The summed E-state index contributed by atoms with van der Waals surface area (Å²) in [7, 11) is 1.59. The van der Waals surface area contributed by atoms with E-state index in [4.69, 9.17) is 21.1 Å². The maximum absolute atomic E-state index is 12.7. The number of fused-ring (bicyclic) bond motifs is 1. The molecule has 156 valence electrons. The fourth-order valence-electron chi connectivity index (χ4n) is 3.33. The molecule has 1 saturated heterocycles. The summed E-state index contributed by atoms with van der Waals surface area (Å²) >= 11 is 7.72. The lowest BCUT2D eigenvalue weighted by Crippen LogP contribution is -2.31. The van der Waals surface area contributed by atoms with Crippen molar-refractivity contribution in [3.8, 4) is 5.75 Å². The van der Waals surface area contributed by atoms with Gasteiger partial charge in [-0.2, -0.15) is 0 Å². The Kier molecular flexibility index (Phi) is 6.22. The molecule has 2 N–H and O–H groups in total. The van der Waals surface area contributed by atoms with Crippen LogP contribution in [0, 0.1) is 0 Å². The smallest absolute Gasteiger partial charge is 0.267 e. The Bertz CT molecular complexity index is 1070. The summed E-state index contributed by atoms with van der Waals surface area (Å²) in [5, 5.41) is 6.94. The number of carbonyl (C=O) groups excluding carboxylic acids is 2. The molecule has 3 aromatic rings. The SMILES string of the molecule is COc1ccc2c(Cl)c(C(=O)Nc3ccc(C(=O)NCC4CCCO4)cc3)sc2c1. The van der Waals surface area contributed by atoms with E-state index in [0.717, 1.165) is 29.5 Å². The number of hydrogen-bond donors (Lipinski definition) is 2. The zero-order valence-corrected chi connectivity index (χ0v) is 17.9. The third kappa shape index (κ3) is 4.43. The Labute approximate surface area is 183 Å². The lowest BCUT2D eigenvalue weighted by atomic mass is 10.2. The van der Waals surface area contributed by atoms with Crippen LogP contribution >= 0.6 is 22.9 Å². The van der Waals surface area contributed by atoms with Crippen LogP contribution < -0.4 is 15.4 Å². The maximum Gasteiger partial charge on any atom is 0.267 e. The van der Waals surface area contributed by atoms with Gasteiger partial charge in [-0.25, -0.2) is 0 Å². The minimum Gasteiger partial charge on any atom is -0.497 e. The van der Waals surface area contributed by atoms with Gasteiger partial charge in [-0.05, 0) is 55.3 Å². The van der Waals surface area contributed by atoms with E-state index in [2.05, 4.69) is 10.6 Å². The van der Waals surface area contributed by atoms with Gasteiger partial charge in [0.1, 0.15) is 10.6 Å². The predicted molar refractivity (Wildman–Crippen MR) is 119 cm³/mol. The van der Waals surface area contributed by atoms with Crippen molar-refractivity contribution in [2.24, 2.45) is 0 Å². The molecule has 8 heteroatoms. The predicted octanol–water partition coefficient (Wildman–Crippen LogP) is 4.72. The molecular weight excluding hydrogens is 424 g/mol. The van der Waals surface area contributed by atoms with Crippen molar-refractivity contribution < 1.29 is 19.1 Å². The van der Waals surface area contributed by atoms with Gasteiger partial charge in [-0.1, -0.05) is 11.6 Å². The maximum atomic E-state index is 12.7. The van der Waals surface area contributed by atoms with Crippen molar-refractivity contribution in [2.75, 3.05) is 25.6 Å². The van der Waals surface area contributed by atoms with Crippen LogP contribution in [0.3, 0.4) is 0 Å². The van der Waals surface area contributed by atoms with Crippen LogP contribution in [0.15, 0.2) is 42.5 Å². The lowest BCUT2D eigenvalue weighted by Gasteiger charge is -2.11. The molecule has 2 aromatic carbocycles. The van der Waals surface area contributed by atoms with E-state index < -0.39 is 0 Å². The lowest BCUT2D eigenvalue weighted by molar-refractivity contribution is 0.0857. The number of halogens is 1. The molecule has 6 nitrogen and oxygen atoms in total. The molecule has 2 heterocycles. The molecule has 1 aromatic heterocycles. The molecule has 0 radical (unpaired) electrons. The number of thiophene rings is 1. The zero-order chi connectivity index (χ0) is 21.1. The minimum atomic E-state index is -0.296. The topological polar surface area (TPSA) is 76.7 Å². The Hall–Kier alpha value is -2.61. The van der Waals surface area contributed by atoms with Gasteiger partial charge in [-0.3, -0.25) is 9.59 Å². The highest BCUT2D eigenvalue weighted by Crippen LogP contribution is 2.37. The van der Waals surface area contributed by atoms with Crippen LogP contribution in [-0.2, 0) is 4.74 Å². The Balaban J connectivity index is 1.41. The molecule has 2 amide bonds. The van der Waals surface area contributed by atoms with Crippen LogP contribution in [0.25, 0.3) is 10.1 Å². The summed E-state index contributed by atoms with van der Waals surface area (Å²) in [4.78, 5) is 25.4. The molecular formula is C22H21ClN2O4S. The highest BCUT2D eigenvalue weighted by molar-refractivity contribution is 7.21. The molecule has 1 aliphatic heterocycles. The first-order valence-corrected chi connectivity index (χ1v) is 10.8. The van der Waals surface area contributed by atoms with E-state index in [-0.39, 0.29) is 17.9 Å². The van der Waals surface area contributed by atoms with Crippen molar-refractivity contribution in [3.63, 3.8) is 0 Å². The highest BCUT2D eigenvalue weighted by atomic mass is 35.5. The largest absolute Gasteiger partial charge is 0.497 e. The molecule has 1 unspecified atom stereocenters. The number of carbonyl (C=O) groups is 2. The van der Waals surface area contributed by atoms with E-state index >= 15 is 0 Å².